The van der Waals surface area contributed by atoms with Crippen molar-refractivity contribution >= 4 is 29.3 Å². The SMILES string of the molecule is CC(C(=O)N1CCC(C)(CN)C1)c1cc2ccccc2o1.Cl. The predicted octanol–water partition coefficient (Wildman–Crippen LogP) is 3.16. The first-order valence-electron chi connectivity index (χ1n) is 7.50. The van der Waals surface area contributed by atoms with Crippen molar-refractivity contribution in [3.63, 3.8) is 0 Å². The molecule has 0 bridgehead atoms. The van der Waals surface area contributed by atoms with Crippen molar-refractivity contribution in [3.8, 4) is 0 Å². The summed E-state index contributed by atoms with van der Waals surface area (Å²) in [5.41, 5.74) is 6.70. The number of amides is 1. The average molecular weight is 323 g/mol. The van der Waals surface area contributed by atoms with Crippen LogP contribution in [-0.2, 0) is 4.79 Å². The lowest BCUT2D eigenvalue weighted by atomic mass is 9.90. The maximum atomic E-state index is 12.7. The molecule has 1 saturated heterocycles. The third-order valence-electron chi connectivity index (χ3n) is 4.60. The van der Waals surface area contributed by atoms with Crippen LogP contribution in [0, 0.1) is 5.41 Å². The number of benzene rings is 1. The van der Waals surface area contributed by atoms with Gasteiger partial charge in [0.25, 0.3) is 0 Å². The van der Waals surface area contributed by atoms with Gasteiger partial charge in [0.15, 0.2) is 0 Å². The number of halogens is 1. The number of carbonyl (C=O) groups is 1. The molecule has 0 radical (unpaired) electrons. The third kappa shape index (κ3) is 2.99. The van der Waals surface area contributed by atoms with Gasteiger partial charge in [-0.25, -0.2) is 0 Å². The van der Waals surface area contributed by atoms with Crippen molar-refractivity contribution in [2.75, 3.05) is 19.6 Å². The molecule has 22 heavy (non-hydrogen) atoms. The number of hydrogen-bond acceptors (Lipinski definition) is 3. The molecule has 4 nitrogen and oxygen atoms in total. The lowest BCUT2D eigenvalue weighted by Gasteiger charge is -2.24. The van der Waals surface area contributed by atoms with E-state index in [-0.39, 0.29) is 29.6 Å². The topological polar surface area (TPSA) is 59.5 Å². The molecule has 2 unspecified atom stereocenters. The molecule has 5 heteroatoms. The number of furan rings is 1. The van der Waals surface area contributed by atoms with Gasteiger partial charge in [-0.1, -0.05) is 25.1 Å². The summed E-state index contributed by atoms with van der Waals surface area (Å²) in [6.45, 7) is 6.21. The number of fused-ring (bicyclic) bond motifs is 1. The van der Waals surface area contributed by atoms with E-state index in [1.165, 1.54) is 0 Å². The van der Waals surface area contributed by atoms with Gasteiger partial charge >= 0.3 is 0 Å². The molecule has 2 N–H and O–H groups in total. The van der Waals surface area contributed by atoms with Crippen LogP contribution in [0.25, 0.3) is 11.0 Å². The summed E-state index contributed by atoms with van der Waals surface area (Å²) < 4.78 is 5.82. The zero-order valence-corrected chi connectivity index (χ0v) is 13.9. The quantitative estimate of drug-likeness (QED) is 0.944. The highest BCUT2D eigenvalue weighted by Gasteiger charge is 2.37. The van der Waals surface area contributed by atoms with E-state index in [0.717, 1.165) is 36.2 Å². The van der Waals surface area contributed by atoms with Crippen molar-refractivity contribution in [2.24, 2.45) is 11.1 Å². The summed E-state index contributed by atoms with van der Waals surface area (Å²) in [6.07, 6.45) is 0.974. The number of para-hydroxylation sites is 1. The van der Waals surface area contributed by atoms with E-state index >= 15 is 0 Å². The summed E-state index contributed by atoms with van der Waals surface area (Å²) >= 11 is 0. The smallest absolute Gasteiger partial charge is 0.233 e. The van der Waals surface area contributed by atoms with Crippen molar-refractivity contribution in [1.82, 2.24) is 4.90 Å². The number of likely N-dealkylation sites (tertiary alicyclic amines) is 1. The monoisotopic (exact) mass is 322 g/mol. The Labute approximate surface area is 137 Å². The molecule has 0 spiro atoms. The Morgan fingerprint density at radius 2 is 2.18 bits per heavy atom. The molecular weight excluding hydrogens is 300 g/mol. The maximum absolute atomic E-state index is 12.7. The number of carbonyl (C=O) groups excluding carboxylic acids is 1. The lowest BCUT2D eigenvalue weighted by Crippen LogP contribution is -2.36. The molecule has 1 aromatic heterocycles. The minimum Gasteiger partial charge on any atom is -0.460 e. The lowest BCUT2D eigenvalue weighted by molar-refractivity contribution is -0.132. The second-order valence-corrected chi connectivity index (χ2v) is 6.43. The van der Waals surface area contributed by atoms with E-state index in [1.807, 2.05) is 42.2 Å². The Kier molecular flexibility index (Phi) is 4.83. The summed E-state index contributed by atoms with van der Waals surface area (Å²) in [4.78, 5) is 14.6. The fraction of sp³-hybridized carbons (Fsp3) is 0.471. The van der Waals surface area contributed by atoms with Gasteiger partial charge in [0, 0.05) is 18.5 Å². The van der Waals surface area contributed by atoms with E-state index in [0.29, 0.717) is 6.54 Å². The predicted molar refractivity (Wildman–Crippen MR) is 90.2 cm³/mol. The van der Waals surface area contributed by atoms with E-state index in [9.17, 15) is 4.79 Å². The summed E-state index contributed by atoms with van der Waals surface area (Å²) in [6, 6.07) is 9.81. The minimum atomic E-state index is -0.252. The highest BCUT2D eigenvalue weighted by molar-refractivity contribution is 5.86. The van der Waals surface area contributed by atoms with Crippen molar-refractivity contribution in [1.29, 1.82) is 0 Å². The van der Waals surface area contributed by atoms with Gasteiger partial charge in [0.05, 0.1) is 5.92 Å². The van der Waals surface area contributed by atoms with E-state index < -0.39 is 0 Å². The Hall–Kier alpha value is -1.52. The standard InChI is InChI=1S/C17H22N2O2.ClH/c1-12(15-9-13-5-3-4-6-14(13)21-15)16(20)19-8-7-17(2,10-18)11-19;/h3-6,9,12H,7-8,10-11,18H2,1-2H3;1H. The summed E-state index contributed by atoms with van der Waals surface area (Å²) in [5.74, 6) is 0.617. The molecule has 1 fully saturated rings. The normalized spacial score (nSPS) is 22.6. The van der Waals surface area contributed by atoms with Crippen molar-refractivity contribution in [3.05, 3.63) is 36.1 Å². The van der Waals surface area contributed by atoms with E-state index in [4.69, 9.17) is 10.2 Å². The van der Waals surface area contributed by atoms with Crippen LogP contribution in [0.3, 0.4) is 0 Å². The van der Waals surface area contributed by atoms with Crippen molar-refractivity contribution < 1.29 is 9.21 Å². The van der Waals surface area contributed by atoms with Crippen LogP contribution in [0.1, 0.15) is 31.9 Å². The molecule has 3 rings (SSSR count). The van der Waals surface area contributed by atoms with Crippen LogP contribution in [0.15, 0.2) is 34.7 Å². The highest BCUT2D eigenvalue weighted by Crippen LogP contribution is 2.32. The summed E-state index contributed by atoms with van der Waals surface area (Å²) in [7, 11) is 0. The number of nitrogens with two attached hydrogens (primary N) is 1. The number of nitrogens with zero attached hydrogens (tertiary/aromatic N) is 1. The van der Waals surface area contributed by atoms with Gasteiger partial charge in [0.2, 0.25) is 5.91 Å². The Morgan fingerprint density at radius 3 is 2.82 bits per heavy atom. The van der Waals surface area contributed by atoms with Gasteiger partial charge < -0.3 is 15.1 Å². The largest absolute Gasteiger partial charge is 0.460 e. The fourth-order valence-corrected chi connectivity index (χ4v) is 2.99. The number of hydrogen-bond donors (Lipinski definition) is 1. The van der Waals surface area contributed by atoms with Crippen LogP contribution < -0.4 is 5.73 Å². The molecule has 0 aliphatic carbocycles. The van der Waals surface area contributed by atoms with Crippen molar-refractivity contribution in [2.45, 2.75) is 26.2 Å². The van der Waals surface area contributed by atoms with Gasteiger partial charge in [-0.05, 0) is 37.4 Å². The molecule has 1 aliphatic rings. The highest BCUT2D eigenvalue weighted by atomic mass is 35.5. The van der Waals surface area contributed by atoms with Crippen LogP contribution in [0.4, 0.5) is 0 Å². The van der Waals surface area contributed by atoms with E-state index in [1.54, 1.807) is 0 Å². The minimum absolute atomic E-state index is 0. The molecule has 1 aromatic carbocycles. The molecule has 2 heterocycles. The second kappa shape index (κ2) is 6.31. The first-order valence-corrected chi connectivity index (χ1v) is 7.50. The second-order valence-electron chi connectivity index (χ2n) is 6.43. The average Bonchev–Trinajstić information content (AvgIpc) is 3.10. The number of rotatable bonds is 3. The molecule has 1 amide bonds. The fourth-order valence-electron chi connectivity index (χ4n) is 2.99. The van der Waals surface area contributed by atoms with E-state index in [2.05, 4.69) is 6.92 Å². The Balaban J connectivity index is 0.00000176. The molecule has 1 aliphatic heterocycles. The third-order valence-corrected chi connectivity index (χ3v) is 4.60. The molecular formula is C17H23ClN2O2. The summed E-state index contributed by atoms with van der Waals surface area (Å²) in [5, 5.41) is 1.04. The first kappa shape index (κ1) is 16.8. The van der Waals surface area contributed by atoms with Gasteiger partial charge in [-0.3, -0.25) is 4.79 Å². The zero-order chi connectivity index (χ0) is 15.0. The maximum Gasteiger partial charge on any atom is 0.233 e. The van der Waals surface area contributed by atoms with Gasteiger partial charge in [-0.15, -0.1) is 12.4 Å². The van der Waals surface area contributed by atoms with Crippen LogP contribution in [0.2, 0.25) is 0 Å². The molecule has 0 saturated carbocycles. The molecule has 120 valence electrons. The first-order chi connectivity index (χ1) is 10.0. The molecule has 2 aromatic rings. The van der Waals surface area contributed by atoms with Crippen LogP contribution in [0.5, 0.6) is 0 Å². The Bertz CT molecular complexity index is 636. The van der Waals surface area contributed by atoms with Crippen LogP contribution >= 0.6 is 12.4 Å². The van der Waals surface area contributed by atoms with Gasteiger partial charge in [0.1, 0.15) is 11.3 Å². The van der Waals surface area contributed by atoms with Crippen LogP contribution in [-0.4, -0.2) is 30.4 Å². The molecule has 2 atom stereocenters. The zero-order valence-electron chi connectivity index (χ0n) is 13.0. The van der Waals surface area contributed by atoms with Gasteiger partial charge in [-0.2, -0.15) is 0 Å². The Morgan fingerprint density at radius 1 is 1.45 bits per heavy atom.